The first kappa shape index (κ1) is 25.1. The predicted octanol–water partition coefficient (Wildman–Crippen LogP) is -3.10. The zero-order valence-corrected chi connectivity index (χ0v) is 20.2. The van der Waals surface area contributed by atoms with Gasteiger partial charge in [-0.25, -0.2) is 0 Å². The normalized spacial score (nSPS) is 16.5. The summed E-state index contributed by atoms with van der Waals surface area (Å²) in [4.78, 5) is 21.2. The molecule has 0 aromatic heterocycles. The topological polar surface area (TPSA) is 81.7 Å². The van der Waals surface area contributed by atoms with Crippen LogP contribution in [-0.2, 0) is 9.09 Å². The van der Waals surface area contributed by atoms with Gasteiger partial charge in [-0.15, -0.1) is 0 Å². The summed E-state index contributed by atoms with van der Waals surface area (Å²) < 4.78 is 20.4. The molecule has 1 fully saturated rings. The van der Waals surface area contributed by atoms with Gasteiger partial charge in [-0.3, -0.25) is 0 Å². The van der Waals surface area contributed by atoms with E-state index >= 15 is 0 Å². The van der Waals surface area contributed by atoms with Crippen molar-refractivity contribution in [1.82, 2.24) is 0 Å². The number of phosphoric ester groups is 1. The van der Waals surface area contributed by atoms with Crippen LogP contribution in [0.15, 0.2) is 18.2 Å². The fourth-order valence-corrected chi connectivity index (χ4v) is 2.89. The van der Waals surface area contributed by atoms with Gasteiger partial charge in [-0.05, 0) is 48.1 Å². The van der Waals surface area contributed by atoms with E-state index in [-0.39, 0.29) is 65.0 Å². The zero-order valence-electron chi connectivity index (χ0n) is 15.3. The Balaban J connectivity index is 0.00000264. The van der Waals surface area contributed by atoms with Crippen molar-refractivity contribution in [3.63, 3.8) is 0 Å². The molecule has 1 saturated carbocycles. The molecule has 5 nitrogen and oxygen atoms in total. The van der Waals surface area contributed by atoms with E-state index in [2.05, 4.69) is 25.3 Å². The van der Waals surface area contributed by atoms with Crippen molar-refractivity contribution in [3.8, 4) is 5.75 Å². The molecule has 0 N–H and O–H groups in total. The molecule has 124 valence electrons. The smallest absolute Gasteiger partial charge is 0.790 e. The van der Waals surface area contributed by atoms with E-state index in [0.717, 1.165) is 17.5 Å². The Labute approximate surface area is 188 Å². The number of phosphoric acid groups is 1. The second-order valence-electron chi connectivity index (χ2n) is 6.04. The minimum absolute atomic E-state index is 0. The first-order valence-corrected chi connectivity index (χ1v) is 9.21. The van der Waals surface area contributed by atoms with Crippen LogP contribution in [-0.4, -0.2) is 6.79 Å². The number of ether oxygens (including phenoxy) is 1. The maximum absolute atomic E-state index is 10.6. The van der Waals surface area contributed by atoms with Gasteiger partial charge >= 0.3 is 59.1 Å². The van der Waals surface area contributed by atoms with Crippen molar-refractivity contribution in [1.29, 1.82) is 0 Å². The Morgan fingerprint density at radius 3 is 2.29 bits per heavy atom. The first-order valence-electron chi connectivity index (χ1n) is 7.75. The zero-order chi connectivity index (χ0) is 16.3. The van der Waals surface area contributed by atoms with Gasteiger partial charge in [0.25, 0.3) is 0 Å². The van der Waals surface area contributed by atoms with Gasteiger partial charge in [0.05, 0.1) is 7.82 Å². The van der Waals surface area contributed by atoms with Crippen molar-refractivity contribution < 1.29 is 82.7 Å². The number of rotatable bonds is 8. The average Bonchev–Trinajstić information content (AvgIpc) is 3.29. The van der Waals surface area contributed by atoms with Crippen molar-refractivity contribution in [2.24, 2.45) is 5.92 Å². The van der Waals surface area contributed by atoms with Crippen LogP contribution in [0, 0.1) is 5.92 Å². The SMILES string of the molecule is CC[C@H](C)c1cccc([C@H](C)C2CC2)c1OCOP(=O)([O-])[O-].[Na+].[Na+]. The van der Waals surface area contributed by atoms with Gasteiger partial charge in [-0.1, -0.05) is 39.0 Å². The third kappa shape index (κ3) is 7.40. The van der Waals surface area contributed by atoms with Crippen LogP contribution < -0.4 is 73.6 Å². The summed E-state index contributed by atoms with van der Waals surface area (Å²) in [6.07, 6.45) is 3.36. The summed E-state index contributed by atoms with van der Waals surface area (Å²) >= 11 is 0. The number of benzene rings is 1. The van der Waals surface area contributed by atoms with Gasteiger partial charge in [-0.2, -0.15) is 0 Å². The van der Waals surface area contributed by atoms with E-state index < -0.39 is 14.6 Å². The standard InChI is InChI=1S/C16H25O5P.2Na/c1-4-11(2)14-6-5-7-15(12(3)13-8-9-13)16(14)20-10-21-22(17,18)19;;/h5-7,11-13H,4,8-10H2,1-3H3,(H2,17,18,19);;/q;2*+1/p-2/t11-,12+;;/m0../s1. The summed E-state index contributed by atoms with van der Waals surface area (Å²) in [5.41, 5.74) is 2.10. The van der Waals surface area contributed by atoms with E-state index in [0.29, 0.717) is 17.6 Å². The quantitative estimate of drug-likeness (QED) is 0.274. The first-order chi connectivity index (χ1) is 10.3. The van der Waals surface area contributed by atoms with Crippen LogP contribution in [0.3, 0.4) is 0 Å². The van der Waals surface area contributed by atoms with Crippen molar-refractivity contribution in [2.75, 3.05) is 6.79 Å². The van der Waals surface area contributed by atoms with Crippen LogP contribution in [0.1, 0.15) is 63.0 Å². The van der Waals surface area contributed by atoms with Crippen LogP contribution in [0.2, 0.25) is 0 Å². The van der Waals surface area contributed by atoms with Gasteiger partial charge in [0.15, 0.2) is 6.79 Å². The number of para-hydroxylation sites is 1. The number of hydrogen-bond acceptors (Lipinski definition) is 5. The number of hydrogen-bond donors (Lipinski definition) is 0. The molecule has 8 heteroatoms. The molecule has 2 rings (SSSR count). The summed E-state index contributed by atoms with van der Waals surface area (Å²) in [5.74, 6) is 1.96. The van der Waals surface area contributed by atoms with Crippen molar-refractivity contribution in [2.45, 2.75) is 51.9 Å². The molecule has 0 saturated heterocycles. The van der Waals surface area contributed by atoms with E-state index in [1.165, 1.54) is 12.8 Å². The van der Waals surface area contributed by atoms with Crippen LogP contribution >= 0.6 is 7.82 Å². The van der Waals surface area contributed by atoms with Crippen LogP contribution in [0.25, 0.3) is 0 Å². The molecule has 0 radical (unpaired) electrons. The molecule has 1 aliphatic rings. The minimum atomic E-state index is -5.02. The van der Waals surface area contributed by atoms with Crippen molar-refractivity contribution in [3.05, 3.63) is 29.3 Å². The largest absolute Gasteiger partial charge is 1.00 e. The Bertz CT molecular complexity index is 559. The van der Waals surface area contributed by atoms with Gasteiger partial charge in [0.2, 0.25) is 0 Å². The average molecular weight is 372 g/mol. The van der Waals surface area contributed by atoms with Gasteiger partial charge in [0.1, 0.15) is 5.75 Å². The summed E-state index contributed by atoms with van der Waals surface area (Å²) in [6.45, 7) is 5.78. The molecule has 1 aromatic carbocycles. The maximum Gasteiger partial charge on any atom is 1.00 e. The predicted molar refractivity (Wildman–Crippen MR) is 80.5 cm³/mol. The fraction of sp³-hybridized carbons (Fsp3) is 0.625. The molecule has 0 heterocycles. The molecule has 1 aliphatic carbocycles. The van der Waals surface area contributed by atoms with E-state index in [4.69, 9.17) is 4.74 Å². The Morgan fingerprint density at radius 2 is 1.79 bits per heavy atom. The van der Waals surface area contributed by atoms with Crippen LogP contribution in [0.5, 0.6) is 5.75 Å². The Kier molecular flexibility index (Phi) is 11.6. The molecule has 1 aromatic rings. The molecular formula is C16H23Na2O5P. The minimum Gasteiger partial charge on any atom is -0.790 e. The molecule has 0 amide bonds. The second-order valence-corrected chi connectivity index (χ2v) is 7.19. The van der Waals surface area contributed by atoms with E-state index in [1.54, 1.807) is 0 Å². The third-order valence-electron chi connectivity index (χ3n) is 4.45. The molecule has 2 atom stereocenters. The van der Waals surface area contributed by atoms with Crippen molar-refractivity contribution >= 4 is 7.82 Å². The molecule has 0 aliphatic heterocycles. The Morgan fingerprint density at radius 1 is 1.21 bits per heavy atom. The third-order valence-corrected chi connectivity index (χ3v) is 4.87. The summed E-state index contributed by atoms with van der Waals surface area (Å²) in [6, 6.07) is 6.01. The summed E-state index contributed by atoms with van der Waals surface area (Å²) in [7, 11) is -5.02. The molecular weight excluding hydrogens is 349 g/mol. The van der Waals surface area contributed by atoms with Gasteiger partial charge in [0, 0.05) is 0 Å². The molecule has 24 heavy (non-hydrogen) atoms. The molecule has 0 spiro atoms. The fourth-order valence-electron chi connectivity index (χ4n) is 2.71. The van der Waals surface area contributed by atoms with E-state index in [1.807, 2.05) is 18.2 Å². The van der Waals surface area contributed by atoms with E-state index in [9.17, 15) is 14.4 Å². The Hall–Kier alpha value is 1.13. The molecule has 0 unspecified atom stereocenters. The second kappa shape index (κ2) is 11.1. The molecule has 0 bridgehead atoms. The van der Waals surface area contributed by atoms with Gasteiger partial charge < -0.3 is 23.6 Å². The maximum atomic E-state index is 10.6. The van der Waals surface area contributed by atoms with Crippen LogP contribution in [0.4, 0.5) is 0 Å². The summed E-state index contributed by atoms with van der Waals surface area (Å²) in [5, 5.41) is 0. The monoisotopic (exact) mass is 372 g/mol.